The van der Waals surface area contributed by atoms with Gasteiger partial charge in [-0.25, -0.2) is 4.98 Å². The van der Waals surface area contributed by atoms with Gasteiger partial charge in [0.25, 0.3) is 5.56 Å². The largest absolute Gasteiger partial charge is 0.742 e. The number of aromatic amines is 1. The van der Waals surface area contributed by atoms with Gasteiger partial charge in [0.15, 0.2) is 5.65 Å². The van der Waals surface area contributed by atoms with Crippen molar-refractivity contribution in [3.05, 3.63) is 16.6 Å². The lowest BCUT2D eigenvalue weighted by Gasteiger charge is -2.09. The highest BCUT2D eigenvalue weighted by molar-refractivity contribution is 7.58. The molecular formula is C6H5N4OS-. The molecule has 0 bridgehead atoms. The molecule has 0 amide bonds. The van der Waals surface area contributed by atoms with Crippen LogP contribution in [0, 0.1) is 0 Å². The van der Waals surface area contributed by atoms with E-state index in [4.69, 9.17) is 12.6 Å². The Balaban J connectivity index is 3.05. The van der Waals surface area contributed by atoms with E-state index in [-0.39, 0.29) is 10.7 Å². The van der Waals surface area contributed by atoms with Crippen molar-refractivity contribution in [1.82, 2.24) is 19.7 Å². The van der Waals surface area contributed by atoms with Crippen molar-refractivity contribution in [3.63, 3.8) is 0 Å². The number of fused-ring (bicyclic) bond motifs is 1. The van der Waals surface area contributed by atoms with Gasteiger partial charge in [-0.15, -0.1) is 0 Å². The average Bonchev–Trinajstić information content (AvgIpc) is 2.48. The SMILES string of the molecule is Cn1c([S-])nc2[nH]ncc2c1=O. The molecule has 0 fully saturated rings. The second-order valence-electron chi connectivity index (χ2n) is 2.39. The molecule has 5 nitrogen and oxygen atoms in total. The lowest BCUT2D eigenvalue weighted by molar-refractivity contribution is 0.727. The van der Waals surface area contributed by atoms with Crippen LogP contribution in [0.4, 0.5) is 0 Å². The standard InChI is InChI=1S/C6H6N4OS/c1-10-5(11)3-2-7-9-4(3)8-6(10)12/h2H,1H3,(H2,7,8,9,12)/p-1. The van der Waals surface area contributed by atoms with Crippen LogP contribution in [-0.2, 0) is 19.7 Å². The molecule has 2 rings (SSSR count). The van der Waals surface area contributed by atoms with E-state index in [1.807, 2.05) is 0 Å². The van der Waals surface area contributed by atoms with Crippen LogP contribution in [0.3, 0.4) is 0 Å². The number of H-pyrrole nitrogens is 1. The van der Waals surface area contributed by atoms with Gasteiger partial charge in [0.1, 0.15) is 5.39 Å². The molecule has 0 spiro atoms. The number of hydrogen-bond acceptors (Lipinski definition) is 4. The van der Waals surface area contributed by atoms with Crippen LogP contribution in [0.25, 0.3) is 11.0 Å². The van der Waals surface area contributed by atoms with E-state index >= 15 is 0 Å². The Morgan fingerprint density at radius 2 is 2.42 bits per heavy atom. The lowest BCUT2D eigenvalue weighted by atomic mass is 10.4. The van der Waals surface area contributed by atoms with Crippen LogP contribution >= 0.6 is 0 Å². The molecule has 2 aromatic rings. The fourth-order valence-electron chi connectivity index (χ4n) is 0.959. The van der Waals surface area contributed by atoms with E-state index in [1.165, 1.54) is 10.8 Å². The number of nitrogens with zero attached hydrogens (tertiary/aromatic N) is 3. The van der Waals surface area contributed by atoms with Crippen LogP contribution in [0.2, 0.25) is 0 Å². The minimum absolute atomic E-state index is 0.168. The predicted molar refractivity (Wildman–Crippen MR) is 44.8 cm³/mol. The molecule has 0 aliphatic carbocycles. The van der Waals surface area contributed by atoms with Gasteiger partial charge in [0, 0.05) is 7.05 Å². The van der Waals surface area contributed by atoms with E-state index in [0.29, 0.717) is 11.0 Å². The summed E-state index contributed by atoms with van der Waals surface area (Å²) in [5, 5.41) is 7.01. The Kier molecular flexibility index (Phi) is 1.37. The van der Waals surface area contributed by atoms with Gasteiger partial charge in [0.2, 0.25) is 0 Å². The maximum Gasteiger partial charge on any atom is 0.262 e. The highest BCUT2D eigenvalue weighted by Gasteiger charge is 2.02. The van der Waals surface area contributed by atoms with Crippen LogP contribution in [0.15, 0.2) is 16.1 Å². The summed E-state index contributed by atoms with van der Waals surface area (Å²) in [5.41, 5.74) is 0.279. The molecule has 6 heteroatoms. The topological polar surface area (TPSA) is 63.6 Å². The van der Waals surface area contributed by atoms with E-state index < -0.39 is 0 Å². The summed E-state index contributed by atoms with van der Waals surface area (Å²) in [5.74, 6) is 0. The highest BCUT2D eigenvalue weighted by atomic mass is 32.1. The van der Waals surface area contributed by atoms with Crippen LogP contribution in [0.1, 0.15) is 0 Å². The fourth-order valence-corrected chi connectivity index (χ4v) is 1.13. The second kappa shape index (κ2) is 2.28. The molecule has 12 heavy (non-hydrogen) atoms. The summed E-state index contributed by atoms with van der Waals surface area (Å²) in [6.45, 7) is 0. The van der Waals surface area contributed by atoms with Gasteiger partial charge in [-0.05, 0) is 5.16 Å². The summed E-state index contributed by atoms with van der Waals surface area (Å²) in [7, 11) is 1.59. The molecule has 62 valence electrons. The van der Waals surface area contributed by atoms with Crippen LogP contribution in [0.5, 0.6) is 0 Å². The number of nitrogens with one attached hydrogen (secondary N) is 1. The van der Waals surface area contributed by atoms with Crippen LogP contribution < -0.4 is 5.56 Å². The Morgan fingerprint density at radius 3 is 3.17 bits per heavy atom. The summed E-state index contributed by atoms with van der Waals surface area (Å²) in [4.78, 5) is 15.4. The van der Waals surface area contributed by atoms with Crippen molar-refractivity contribution in [2.24, 2.45) is 7.05 Å². The van der Waals surface area contributed by atoms with Crippen LogP contribution in [-0.4, -0.2) is 19.7 Å². The number of aromatic nitrogens is 4. The van der Waals surface area contributed by atoms with Crippen molar-refractivity contribution in [1.29, 1.82) is 0 Å². The maximum absolute atomic E-state index is 11.4. The van der Waals surface area contributed by atoms with E-state index in [9.17, 15) is 4.79 Å². The Labute approximate surface area is 72.8 Å². The molecule has 0 atom stereocenters. The Hall–Kier alpha value is -1.43. The van der Waals surface area contributed by atoms with Crippen molar-refractivity contribution < 1.29 is 0 Å². The third kappa shape index (κ3) is 0.814. The molecule has 0 saturated heterocycles. The first kappa shape index (κ1) is 7.23. The van der Waals surface area contributed by atoms with Gasteiger partial charge in [-0.3, -0.25) is 9.89 Å². The molecule has 0 aliphatic heterocycles. The van der Waals surface area contributed by atoms with Gasteiger partial charge < -0.3 is 17.2 Å². The zero-order valence-corrected chi connectivity index (χ0v) is 7.05. The minimum Gasteiger partial charge on any atom is -0.742 e. The van der Waals surface area contributed by atoms with Crippen molar-refractivity contribution in [2.45, 2.75) is 5.16 Å². The molecule has 2 heterocycles. The summed E-state index contributed by atoms with van der Waals surface area (Å²) < 4.78 is 1.31. The zero-order valence-electron chi connectivity index (χ0n) is 6.24. The zero-order chi connectivity index (χ0) is 8.72. The first-order chi connectivity index (χ1) is 5.70. The number of hydrogen-bond donors (Lipinski definition) is 1. The van der Waals surface area contributed by atoms with Gasteiger partial charge in [-0.2, -0.15) is 5.10 Å². The summed E-state index contributed by atoms with van der Waals surface area (Å²) in [6, 6.07) is 0. The highest BCUT2D eigenvalue weighted by Crippen LogP contribution is 2.01. The molecule has 0 radical (unpaired) electrons. The van der Waals surface area contributed by atoms with E-state index in [2.05, 4.69) is 15.2 Å². The van der Waals surface area contributed by atoms with Crippen molar-refractivity contribution >= 4 is 23.7 Å². The summed E-state index contributed by atoms with van der Waals surface area (Å²) >= 11 is 4.84. The van der Waals surface area contributed by atoms with Gasteiger partial charge >= 0.3 is 0 Å². The third-order valence-electron chi connectivity index (χ3n) is 1.65. The fraction of sp³-hybridized carbons (Fsp3) is 0.167. The number of rotatable bonds is 0. The summed E-state index contributed by atoms with van der Waals surface area (Å²) in [6.07, 6.45) is 1.44. The Bertz CT molecular complexity index is 486. The Morgan fingerprint density at radius 1 is 1.67 bits per heavy atom. The molecule has 0 saturated carbocycles. The third-order valence-corrected chi connectivity index (χ3v) is 2.01. The molecular weight excluding hydrogens is 176 g/mol. The van der Waals surface area contributed by atoms with Gasteiger partial charge in [-0.1, -0.05) is 0 Å². The molecule has 0 aliphatic rings. The van der Waals surface area contributed by atoms with Crippen molar-refractivity contribution in [2.75, 3.05) is 0 Å². The monoisotopic (exact) mass is 181 g/mol. The predicted octanol–water partition coefficient (Wildman–Crippen LogP) is -0.438. The quantitative estimate of drug-likeness (QED) is 0.442. The van der Waals surface area contributed by atoms with Gasteiger partial charge in [0.05, 0.1) is 6.20 Å². The first-order valence-electron chi connectivity index (χ1n) is 3.27. The van der Waals surface area contributed by atoms with Crippen molar-refractivity contribution in [3.8, 4) is 0 Å². The average molecular weight is 181 g/mol. The molecule has 1 N–H and O–H groups in total. The first-order valence-corrected chi connectivity index (χ1v) is 3.68. The second-order valence-corrected chi connectivity index (χ2v) is 2.76. The smallest absolute Gasteiger partial charge is 0.262 e. The maximum atomic E-state index is 11.4. The molecule has 0 unspecified atom stereocenters. The lowest BCUT2D eigenvalue weighted by Crippen LogP contribution is -2.19. The molecule has 2 aromatic heterocycles. The molecule has 0 aromatic carbocycles. The van der Waals surface area contributed by atoms with E-state index in [1.54, 1.807) is 7.05 Å². The minimum atomic E-state index is -0.168. The van der Waals surface area contributed by atoms with E-state index in [0.717, 1.165) is 0 Å². The normalized spacial score (nSPS) is 10.8.